The minimum absolute atomic E-state index is 0.00320. The molecule has 2 aromatic carbocycles. The molecule has 1 saturated heterocycles. The van der Waals surface area contributed by atoms with Crippen LogP contribution in [0.25, 0.3) is 0 Å². The third-order valence-electron chi connectivity index (χ3n) is 5.70. The second-order valence-electron chi connectivity index (χ2n) is 8.42. The molecule has 2 aromatic rings. The van der Waals surface area contributed by atoms with Crippen molar-refractivity contribution in [2.24, 2.45) is 0 Å². The van der Waals surface area contributed by atoms with Crippen LogP contribution in [-0.2, 0) is 31.0 Å². The molecule has 194 valence electrons. The Morgan fingerprint density at radius 1 is 1.11 bits per heavy atom. The molecule has 0 bridgehead atoms. The van der Waals surface area contributed by atoms with Crippen LogP contribution in [0.2, 0.25) is 5.02 Å². The normalized spacial score (nSPS) is 18.5. The number of amides is 2. The van der Waals surface area contributed by atoms with E-state index < -0.39 is 33.4 Å². The van der Waals surface area contributed by atoms with Crippen LogP contribution in [0, 0.1) is 5.82 Å². The van der Waals surface area contributed by atoms with Crippen LogP contribution in [0.15, 0.2) is 47.4 Å². The Labute approximate surface area is 212 Å². The van der Waals surface area contributed by atoms with Gasteiger partial charge in [0, 0.05) is 36.7 Å². The maximum atomic E-state index is 13.2. The fraction of sp³-hybridized carbons (Fsp3) is 0.348. The fourth-order valence-corrected chi connectivity index (χ4v) is 5.20. The molecule has 2 amide bonds. The van der Waals surface area contributed by atoms with Crippen molar-refractivity contribution in [3.63, 3.8) is 0 Å². The van der Waals surface area contributed by atoms with Crippen LogP contribution in [-0.4, -0.2) is 72.9 Å². The average molecular weight is 542 g/mol. The van der Waals surface area contributed by atoms with Crippen LogP contribution >= 0.6 is 11.6 Å². The number of halogens is 2. The van der Waals surface area contributed by atoms with Crippen LogP contribution < -0.4 is 9.46 Å². The molecule has 2 unspecified atom stereocenters. The van der Waals surface area contributed by atoms with E-state index in [1.54, 1.807) is 17.0 Å². The minimum atomic E-state index is -4.63. The largest absolute Gasteiger partial charge is 0.482 e. The maximum absolute atomic E-state index is 13.2. The summed E-state index contributed by atoms with van der Waals surface area (Å²) >= 11 is 5.87. The zero-order valence-corrected chi connectivity index (χ0v) is 21.1. The van der Waals surface area contributed by atoms with Gasteiger partial charge in [-0.05, 0) is 49.7 Å². The highest BCUT2D eigenvalue weighted by atomic mass is 35.5. The number of ether oxygens (including phenoxy) is 1. The van der Waals surface area contributed by atoms with E-state index in [0.29, 0.717) is 19.6 Å². The zero-order valence-electron chi connectivity index (χ0n) is 19.5. The molecular weight excluding hydrogens is 517 g/mol. The van der Waals surface area contributed by atoms with Gasteiger partial charge in [0.1, 0.15) is 16.5 Å². The monoisotopic (exact) mass is 541 g/mol. The standard InChI is InChI=1S/C23H25ClFN3O7S/c1-14-11-28(15(2)10-27(14)12-16-3-6-18(25)7-4-16)21(29)13-35-19-8-5-17(24)9-20(19)36(33,34)26-22(30)23(31)32/h3-9,14-15H,10-13H2,1-2H3,(H,26,30)(H,31,32). The van der Waals surface area contributed by atoms with Gasteiger partial charge in [-0.15, -0.1) is 0 Å². The van der Waals surface area contributed by atoms with E-state index in [0.717, 1.165) is 11.6 Å². The summed E-state index contributed by atoms with van der Waals surface area (Å²) in [5.41, 5.74) is 0.949. The summed E-state index contributed by atoms with van der Waals surface area (Å²) < 4.78 is 45.1. The van der Waals surface area contributed by atoms with Gasteiger partial charge in [0.15, 0.2) is 6.61 Å². The second kappa shape index (κ2) is 11.2. The molecule has 0 saturated carbocycles. The Bertz CT molecular complexity index is 1260. The number of piperazine rings is 1. The lowest BCUT2D eigenvalue weighted by Gasteiger charge is -2.44. The summed E-state index contributed by atoms with van der Waals surface area (Å²) in [6.45, 7) is 4.90. The number of hydrogen-bond acceptors (Lipinski definition) is 7. The first kappa shape index (κ1) is 27.4. The number of benzene rings is 2. The van der Waals surface area contributed by atoms with Gasteiger partial charge in [-0.1, -0.05) is 23.7 Å². The van der Waals surface area contributed by atoms with Crippen LogP contribution in [0.4, 0.5) is 4.39 Å². The molecule has 1 aliphatic heterocycles. The number of aliphatic carboxylic acids is 1. The molecule has 0 aliphatic carbocycles. The number of hydrogen-bond donors (Lipinski definition) is 2. The summed E-state index contributed by atoms with van der Waals surface area (Å²) in [5.74, 6) is -4.70. The highest BCUT2D eigenvalue weighted by Crippen LogP contribution is 2.28. The van der Waals surface area contributed by atoms with E-state index in [4.69, 9.17) is 21.4 Å². The molecule has 10 nitrogen and oxygen atoms in total. The lowest BCUT2D eigenvalue weighted by molar-refractivity contribution is -0.149. The van der Waals surface area contributed by atoms with Gasteiger partial charge in [0.05, 0.1) is 0 Å². The van der Waals surface area contributed by atoms with Crippen molar-refractivity contribution < 1.29 is 37.0 Å². The number of nitrogens with one attached hydrogen (secondary N) is 1. The second-order valence-corrected chi connectivity index (χ2v) is 10.5. The zero-order chi connectivity index (χ0) is 26.6. The van der Waals surface area contributed by atoms with E-state index >= 15 is 0 Å². The highest BCUT2D eigenvalue weighted by Gasteiger charge is 2.32. The SMILES string of the molecule is CC1CN(C(=O)COc2ccc(Cl)cc2S(=O)(=O)NC(=O)C(=O)O)C(C)CN1Cc1ccc(F)cc1. The van der Waals surface area contributed by atoms with Crippen molar-refractivity contribution in [2.45, 2.75) is 37.4 Å². The number of nitrogens with zero attached hydrogens (tertiary/aromatic N) is 2. The number of sulfonamides is 1. The molecule has 36 heavy (non-hydrogen) atoms. The Morgan fingerprint density at radius 2 is 1.78 bits per heavy atom. The van der Waals surface area contributed by atoms with E-state index in [9.17, 15) is 27.2 Å². The maximum Gasteiger partial charge on any atom is 0.395 e. The van der Waals surface area contributed by atoms with Gasteiger partial charge >= 0.3 is 11.9 Å². The first-order valence-electron chi connectivity index (χ1n) is 10.9. The Kier molecular flexibility index (Phi) is 8.54. The van der Waals surface area contributed by atoms with Crippen molar-refractivity contribution in [1.82, 2.24) is 14.5 Å². The van der Waals surface area contributed by atoms with E-state index in [-0.39, 0.29) is 34.6 Å². The van der Waals surface area contributed by atoms with Gasteiger partial charge in [-0.25, -0.2) is 22.3 Å². The Morgan fingerprint density at radius 3 is 2.42 bits per heavy atom. The smallest absolute Gasteiger partial charge is 0.395 e. The van der Waals surface area contributed by atoms with Gasteiger partial charge < -0.3 is 14.7 Å². The quantitative estimate of drug-likeness (QED) is 0.508. The number of carboxylic acids is 1. The molecule has 0 aromatic heterocycles. The molecule has 2 atom stereocenters. The van der Waals surface area contributed by atoms with Crippen molar-refractivity contribution in [1.29, 1.82) is 0 Å². The molecule has 0 radical (unpaired) electrons. The Balaban J connectivity index is 1.67. The van der Waals surface area contributed by atoms with Crippen molar-refractivity contribution >= 4 is 39.4 Å². The predicted molar refractivity (Wildman–Crippen MR) is 127 cm³/mol. The molecule has 3 rings (SSSR count). The lowest BCUT2D eigenvalue weighted by Crippen LogP contribution is -2.58. The molecule has 1 heterocycles. The predicted octanol–water partition coefficient (Wildman–Crippen LogP) is 1.87. The fourth-order valence-electron chi connectivity index (χ4n) is 3.84. The van der Waals surface area contributed by atoms with Gasteiger partial charge in [-0.2, -0.15) is 0 Å². The van der Waals surface area contributed by atoms with Gasteiger partial charge in [0.25, 0.3) is 15.9 Å². The molecular formula is C23H25ClFN3O7S. The third-order valence-corrected chi connectivity index (χ3v) is 7.29. The lowest BCUT2D eigenvalue weighted by atomic mass is 10.1. The summed E-state index contributed by atoms with van der Waals surface area (Å²) in [4.78, 5) is 38.3. The van der Waals surface area contributed by atoms with Crippen LogP contribution in [0.5, 0.6) is 5.75 Å². The number of carboxylic acid groups (broad SMARTS) is 1. The highest BCUT2D eigenvalue weighted by molar-refractivity contribution is 7.90. The third kappa shape index (κ3) is 6.71. The summed E-state index contributed by atoms with van der Waals surface area (Å²) in [6.07, 6.45) is 0. The number of carbonyl (C=O) groups excluding carboxylic acids is 2. The van der Waals surface area contributed by atoms with Gasteiger partial charge in [0.2, 0.25) is 0 Å². The van der Waals surface area contributed by atoms with E-state index in [1.807, 2.05) is 13.8 Å². The van der Waals surface area contributed by atoms with Gasteiger partial charge in [-0.3, -0.25) is 14.5 Å². The molecule has 13 heteroatoms. The van der Waals surface area contributed by atoms with Crippen molar-refractivity contribution in [2.75, 3.05) is 19.7 Å². The average Bonchev–Trinajstić information content (AvgIpc) is 2.81. The summed E-state index contributed by atoms with van der Waals surface area (Å²) in [6, 6.07) is 9.58. The minimum Gasteiger partial charge on any atom is -0.482 e. The van der Waals surface area contributed by atoms with Crippen molar-refractivity contribution in [3.05, 3.63) is 58.9 Å². The molecule has 0 spiro atoms. The Hall–Kier alpha value is -3.22. The topological polar surface area (TPSA) is 133 Å². The van der Waals surface area contributed by atoms with Crippen molar-refractivity contribution in [3.8, 4) is 5.75 Å². The summed E-state index contributed by atoms with van der Waals surface area (Å²) in [7, 11) is -4.63. The number of carbonyl (C=O) groups is 3. The molecule has 2 N–H and O–H groups in total. The van der Waals surface area contributed by atoms with E-state index in [2.05, 4.69) is 4.90 Å². The van der Waals surface area contributed by atoms with Crippen LogP contribution in [0.3, 0.4) is 0 Å². The number of rotatable bonds is 7. The molecule has 1 fully saturated rings. The first-order chi connectivity index (χ1) is 16.9. The molecule has 1 aliphatic rings. The first-order valence-corrected chi connectivity index (χ1v) is 12.7. The van der Waals surface area contributed by atoms with E-state index in [1.165, 1.54) is 29.0 Å². The summed E-state index contributed by atoms with van der Waals surface area (Å²) in [5, 5.41) is 8.69. The van der Waals surface area contributed by atoms with Crippen LogP contribution in [0.1, 0.15) is 19.4 Å².